The molecule has 0 fully saturated rings. The summed E-state index contributed by atoms with van der Waals surface area (Å²) in [6.07, 6.45) is 2.88. The number of thiophene rings is 1. The fourth-order valence-corrected chi connectivity index (χ4v) is 8.17. The lowest BCUT2D eigenvalue weighted by Gasteiger charge is -2.29. The predicted molar refractivity (Wildman–Crippen MR) is 207 cm³/mol. The number of amides is 3. The molecule has 0 saturated carbocycles. The normalized spacial score (nSPS) is 14.4. The van der Waals surface area contributed by atoms with Gasteiger partial charge >= 0.3 is 0 Å². The van der Waals surface area contributed by atoms with Crippen LogP contribution >= 0.6 is 11.3 Å². The average Bonchev–Trinajstić information content (AvgIpc) is 3.82. The summed E-state index contributed by atoms with van der Waals surface area (Å²) in [5, 5.41) is 12.3. The number of nitrogens with one attached hydrogen (secondary N) is 4. The molecule has 5 aromatic rings. The van der Waals surface area contributed by atoms with Gasteiger partial charge in [-0.15, -0.1) is 11.3 Å². The van der Waals surface area contributed by atoms with E-state index in [-0.39, 0.29) is 37.0 Å². The molecule has 3 heterocycles. The zero-order chi connectivity index (χ0) is 37.9. The van der Waals surface area contributed by atoms with Crippen molar-refractivity contribution in [2.45, 2.75) is 37.6 Å². The minimum absolute atomic E-state index is 0.111. The Hall–Kier alpha value is -5.58. The third-order valence-electron chi connectivity index (χ3n) is 9.00. The monoisotopic (exact) mass is 760 g/mol. The van der Waals surface area contributed by atoms with Crippen molar-refractivity contribution in [3.05, 3.63) is 89.7 Å². The van der Waals surface area contributed by atoms with Gasteiger partial charge in [0.05, 0.1) is 30.4 Å². The molecule has 2 atom stereocenters. The maximum Gasteiger partial charge on any atom is 0.288 e. The summed E-state index contributed by atoms with van der Waals surface area (Å²) in [6.45, 7) is 1.86. The standard InChI is InChI=1S/C37H40N6O8S2/c1-22-14-31(50-4)32(19-27(22)41-37(53(47,48)49)30-16-23-8-5-6-9-28(23)43(30)21-44)51-13-7-10-34(45)39-26-18-29(42(3)20-26)36(46)40-25-11-12-33-24(15-25)17-35(38-2)52-33/h5-6,8-9,11-12,14-15,17-21,30,37-38,41H,7,10,13,16H2,1-4H3,(H,39,45)(H,40,46)(H,47,48,49). The zero-order valence-corrected chi connectivity index (χ0v) is 31.1. The van der Waals surface area contributed by atoms with Gasteiger partial charge in [0, 0.05) is 54.5 Å². The number of rotatable bonds is 15. The van der Waals surface area contributed by atoms with Crippen molar-refractivity contribution >= 4 is 77.5 Å². The molecular weight excluding hydrogens is 721 g/mol. The Balaban J connectivity index is 1.05. The van der Waals surface area contributed by atoms with Crippen LogP contribution in [0.15, 0.2) is 72.9 Å². The number of methoxy groups -OCH3 is 1. The molecule has 2 unspecified atom stereocenters. The number of carbonyl (C=O) groups excluding carboxylic acids is 3. The highest BCUT2D eigenvalue weighted by molar-refractivity contribution is 7.86. The maximum atomic E-state index is 13.1. The lowest BCUT2D eigenvalue weighted by molar-refractivity contribution is -0.116. The van der Waals surface area contributed by atoms with Crippen LogP contribution in [0.1, 0.15) is 34.5 Å². The Bertz CT molecular complexity index is 2290. The third kappa shape index (κ3) is 8.24. The van der Waals surface area contributed by atoms with E-state index in [9.17, 15) is 27.4 Å². The first-order valence-corrected chi connectivity index (χ1v) is 19.0. The van der Waals surface area contributed by atoms with Crippen LogP contribution in [0.2, 0.25) is 0 Å². The molecule has 1 aliphatic rings. The van der Waals surface area contributed by atoms with E-state index in [4.69, 9.17) is 9.47 Å². The second kappa shape index (κ2) is 15.6. The molecule has 2 aromatic heterocycles. The van der Waals surface area contributed by atoms with E-state index in [1.807, 2.05) is 37.4 Å². The molecule has 1 aliphatic heterocycles. The van der Waals surface area contributed by atoms with Crippen LogP contribution in [0.25, 0.3) is 10.1 Å². The fraction of sp³-hybridized carbons (Fsp3) is 0.270. The van der Waals surface area contributed by atoms with Crippen molar-refractivity contribution < 1.29 is 36.8 Å². The molecule has 0 spiro atoms. The highest BCUT2D eigenvalue weighted by Crippen LogP contribution is 2.37. The van der Waals surface area contributed by atoms with Crippen LogP contribution in [0.3, 0.4) is 0 Å². The number of anilines is 5. The van der Waals surface area contributed by atoms with Crippen molar-refractivity contribution in [2.75, 3.05) is 46.9 Å². The molecule has 5 N–H and O–H groups in total. The Morgan fingerprint density at radius 2 is 1.85 bits per heavy atom. The SMILES string of the molecule is CNc1cc2cc(NC(=O)c3cc(NC(=O)CCCOc4cc(NC(C5Cc6ccccc6N5C=O)S(=O)(=O)O)c(C)cc4OC)cn3C)ccc2s1. The number of hydrogen-bond donors (Lipinski definition) is 5. The minimum Gasteiger partial charge on any atom is -0.493 e. The number of aryl methyl sites for hydroxylation is 2. The molecule has 16 heteroatoms. The molecule has 0 saturated heterocycles. The summed E-state index contributed by atoms with van der Waals surface area (Å²) in [4.78, 5) is 39.3. The fourth-order valence-electron chi connectivity index (χ4n) is 6.37. The summed E-state index contributed by atoms with van der Waals surface area (Å²) in [5.74, 6) is 0.0806. The van der Waals surface area contributed by atoms with Gasteiger partial charge in [-0.2, -0.15) is 8.42 Å². The number of ether oxygens (including phenoxy) is 2. The average molecular weight is 761 g/mol. The van der Waals surface area contributed by atoms with Gasteiger partial charge in [0.15, 0.2) is 16.9 Å². The number of hydrogen-bond acceptors (Lipinski definition) is 10. The number of aromatic nitrogens is 1. The molecule has 0 radical (unpaired) electrons. The molecule has 0 bridgehead atoms. The van der Waals surface area contributed by atoms with Crippen LogP contribution in [0, 0.1) is 6.92 Å². The molecule has 14 nitrogen and oxygen atoms in total. The zero-order valence-electron chi connectivity index (χ0n) is 29.5. The Morgan fingerprint density at radius 1 is 1.06 bits per heavy atom. The first kappa shape index (κ1) is 37.2. The van der Waals surface area contributed by atoms with Gasteiger partial charge in [0.1, 0.15) is 5.69 Å². The maximum absolute atomic E-state index is 13.1. The molecule has 6 rings (SSSR count). The number of fused-ring (bicyclic) bond motifs is 2. The number of para-hydroxylation sites is 1. The van der Waals surface area contributed by atoms with Crippen molar-refractivity contribution in [3.8, 4) is 11.5 Å². The van der Waals surface area contributed by atoms with Crippen molar-refractivity contribution in [1.82, 2.24) is 4.57 Å². The summed E-state index contributed by atoms with van der Waals surface area (Å²) in [6, 6.07) is 18.7. The van der Waals surface area contributed by atoms with Crippen LogP contribution in [0.5, 0.6) is 11.5 Å². The van der Waals surface area contributed by atoms with E-state index in [1.54, 1.807) is 72.5 Å². The van der Waals surface area contributed by atoms with E-state index < -0.39 is 21.5 Å². The van der Waals surface area contributed by atoms with Crippen molar-refractivity contribution in [2.24, 2.45) is 7.05 Å². The van der Waals surface area contributed by atoms with Gasteiger partial charge in [-0.25, -0.2) is 0 Å². The largest absolute Gasteiger partial charge is 0.493 e. The van der Waals surface area contributed by atoms with Gasteiger partial charge in [-0.05, 0) is 78.7 Å². The van der Waals surface area contributed by atoms with E-state index in [0.29, 0.717) is 52.6 Å². The topological polar surface area (TPSA) is 180 Å². The smallest absolute Gasteiger partial charge is 0.288 e. The molecule has 0 aliphatic carbocycles. The van der Waals surface area contributed by atoms with Crippen LogP contribution in [-0.4, -0.2) is 67.9 Å². The van der Waals surface area contributed by atoms with E-state index in [0.717, 1.165) is 20.7 Å². The number of nitrogens with zero attached hydrogens (tertiary/aromatic N) is 2. The quantitative estimate of drug-likeness (QED) is 0.0493. The predicted octanol–water partition coefficient (Wildman–Crippen LogP) is 5.86. The summed E-state index contributed by atoms with van der Waals surface area (Å²) < 4.78 is 49.8. The van der Waals surface area contributed by atoms with Crippen LogP contribution < -0.4 is 35.6 Å². The highest BCUT2D eigenvalue weighted by Gasteiger charge is 2.41. The Morgan fingerprint density at radius 3 is 2.58 bits per heavy atom. The second-order valence-corrected chi connectivity index (χ2v) is 15.2. The lowest BCUT2D eigenvalue weighted by Crippen LogP contribution is -2.49. The van der Waals surface area contributed by atoms with Gasteiger partial charge in [-0.3, -0.25) is 18.9 Å². The van der Waals surface area contributed by atoms with Crippen LogP contribution in [-0.2, 0) is 33.2 Å². The highest BCUT2D eigenvalue weighted by atomic mass is 32.2. The van der Waals surface area contributed by atoms with E-state index >= 15 is 0 Å². The molecule has 3 amide bonds. The summed E-state index contributed by atoms with van der Waals surface area (Å²) >= 11 is 1.63. The van der Waals surface area contributed by atoms with Gasteiger partial charge in [-0.1, -0.05) is 18.2 Å². The van der Waals surface area contributed by atoms with Gasteiger partial charge in [0.2, 0.25) is 12.3 Å². The number of benzene rings is 3. The van der Waals surface area contributed by atoms with Crippen molar-refractivity contribution in [3.63, 3.8) is 0 Å². The minimum atomic E-state index is -4.69. The molecule has 278 valence electrons. The Labute approximate surface area is 310 Å². The van der Waals surface area contributed by atoms with Gasteiger partial charge in [0.25, 0.3) is 16.0 Å². The lowest BCUT2D eigenvalue weighted by atomic mass is 10.1. The third-order valence-corrected chi connectivity index (χ3v) is 11.2. The molecule has 53 heavy (non-hydrogen) atoms. The first-order valence-electron chi connectivity index (χ1n) is 16.7. The van der Waals surface area contributed by atoms with E-state index in [2.05, 4.69) is 21.3 Å². The molecular formula is C37H40N6O8S2. The van der Waals surface area contributed by atoms with Crippen molar-refractivity contribution in [1.29, 1.82) is 0 Å². The van der Waals surface area contributed by atoms with E-state index in [1.165, 1.54) is 12.0 Å². The summed E-state index contributed by atoms with van der Waals surface area (Å²) in [7, 11) is 0.363. The first-order chi connectivity index (χ1) is 25.4. The number of carbonyl (C=O) groups is 3. The second-order valence-electron chi connectivity index (χ2n) is 12.6. The summed E-state index contributed by atoms with van der Waals surface area (Å²) in [5.41, 5.74) is 3.81. The van der Waals surface area contributed by atoms with Crippen LogP contribution in [0.4, 0.5) is 27.8 Å². The Kier molecular flexibility index (Phi) is 10.9. The molecule has 3 aromatic carbocycles. The van der Waals surface area contributed by atoms with Gasteiger partial charge < -0.3 is 40.2 Å².